The Morgan fingerprint density at radius 2 is 2.19 bits per heavy atom. The molecule has 0 spiro atoms. The van der Waals surface area contributed by atoms with Crippen molar-refractivity contribution < 1.29 is 0 Å². The van der Waals surface area contributed by atoms with E-state index < -0.39 is 0 Å². The van der Waals surface area contributed by atoms with Crippen LogP contribution in [-0.4, -0.2) is 37.1 Å². The number of rotatable bonds is 5. The molecule has 1 aliphatic carbocycles. The first-order chi connectivity index (χ1) is 7.88. The summed E-state index contributed by atoms with van der Waals surface area (Å²) < 4.78 is 0. The zero-order valence-corrected chi connectivity index (χ0v) is 10.5. The van der Waals surface area contributed by atoms with Crippen LogP contribution in [0.15, 0.2) is 0 Å². The lowest BCUT2D eigenvalue weighted by Gasteiger charge is -2.32. The van der Waals surface area contributed by atoms with E-state index in [1.54, 1.807) is 0 Å². The van der Waals surface area contributed by atoms with Crippen LogP contribution >= 0.6 is 0 Å². The molecule has 1 aliphatic heterocycles. The third kappa shape index (κ3) is 4.15. The number of nitrogens with zero attached hydrogens (tertiary/aromatic N) is 1. The highest BCUT2D eigenvalue weighted by Crippen LogP contribution is 2.21. The van der Waals surface area contributed by atoms with Crippen molar-refractivity contribution in [2.24, 2.45) is 5.92 Å². The van der Waals surface area contributed by atoms with Gasteiger partial charge < -0.3 is 10.2 Å². The molecule has 2 rings (SSSR count). The van der Waals surface area contributed by atoms with Crippen LogP contribution in [0.3, 0.4) is 0 Å². The fourth-order valence-electron chi connectivity index (χ4n) is 2.48. The molecule has 0 aromatic carbocycles. The molecule has 1 saturated heterocycles. The monoisotopic (exact) mass is 220 g/mol. The van der Waals surface area contributed by atoms with Gasteiger partial charge in [0.05, 0.1) is 0 Å². The Labute approximate surface area is 99.8 Å². The highest BCUT2D eigenvalue weighted by molar-refractivity contribution is 4.95. The van der Waals surface area contributed by atoms with Crippen LogP contribution in [0.2, 0.25) is 0 Å². The van der Waals surface area contributed by atoms with Gasteiger partial charge in [0.1, 0.15) is 0 Å². The lowest BCUT2D eigenvalue weighted by molar-refractivity contribution is 0.175. The molecule has 2 aliphatic rings. The van der Waals surface area contributed by atoms with Crippen molar-refractivity contribution in [2.75, 3.05) is 26.2 Å². The topological polar surface area (TPSA) is 15.3 Å². The van der Waals surface area contributed by atoms with E-state index in [2.05, 4.69) is 22.1 Å². The molecule has 2 fully saturated rings. The maximum atomic E-state index is 3.66. The average Bonchev–Trinajstić information content (AvgIpc) is 3.11. The van der Waals surface area contributed by atoms with Gasteiger partial charge >= 0.3 is 0 Å². The van der Waals surface area contributed by atoms with Crippen molar-refractivity contribution in [3.8, 4) is 11.8 Å². The molecular weight excluding hydrogens is 196 g/mol. The van der Waals surface area contributed by atoms with Gasteiger partial charge in [-0.1, -0.05) is 0 Å². The zero-order valence-electron chi connectivity index (χ0n) is 10.5. The van der Waals surface area contributed by atoms with Gasteiger partial charge in [0.25, 0.3) is 0 Å². The van der Waals surface area contributed by atoms with Crippen molar-refractivity contribution >= 4 is 0 Å². The SMILES string of the molecule is CC#CCCN1CCCC(CNC2CC2)C1. The normalized spacial score (nSPS) is 26.2. The standard InChI is InChI=1S/C14H24N2/c1-2-3-4-9-16-10-5-6-13(12-16)11-15-14-7-8-14/h13-15H,4-12H2,1H3. The summed E-state index contributed by atoms with van der Waals surface area (Å²) in [5.74, 6) is 7.02. The van der Waals surface area contributed by atoms with E-state index in [9.17, 15) is 0 Å². The molecule has 1 heterocycles. The van der Waals surface area contributed by atoms with Crippen LogP contribution in [0, 0.1) is 17.8 Å². The van der Waals surface area contributed by atoms with Gasteiger partial charge in [0, 0.05) is 25.6 Å². The minimum Gasteiger partial charge on any atom is -0.314 e. The van der Waals surface area contributed by atoms with Crippen molar-refractivity contribution in [1.82, 2.24) is 10.2 Å². The molecule has 1 saturated carbocycles. The first-order valence-corrected chi connectivity index (χ1v) is 6.74. The largest absolute Gasteiger partial charge is 0.314 e. The van der Waals surface area contributed by atoms with Crippen LogP contribution in [0.4, 0.5) is 0 Å². The van der Waals surface area contributed by atoms with Gasteiger partial charge in [0.2, 0.25) is 0 Å². The first kappa shape index (κ1) is 12.0. The van der Waals surface area contributed by atoms with Gasteiger partial charge in [-0.25, -0.2) is 0 Å². The zero-order chi connectivity index (χ0) is 11.2. The second-order valence-corrected chi connectivity index (χ2v) is 5.17. The maximum absolute atomic E-state index is 3.66. The van der Waals surface area contributed by atoms with Crippen molar-refractivity contribution in [3.63, 3.8) is 0 Å². The van der Waals surface area contributed by atoms with Gasteiger partial charge in [-0.3, -0.25) is 0 Å². The molecule has 2 nitrogen and oxygen atoms in total. The van der Waals surface area contributed by atoms with Gasteiger partial charge in [0.15, 0.2) is 0 Å². The van der Waals surface area contributed by atoms with E-state index >= 15 is 0 Å². The summed E-state index contributed by atoms with van der Waals surface area (Å²) in [6, 6.07) is 0.862. The Morgan fingerprint density at radius 3 is 2.94 bits per heavy atom. The quantitative estimate of drug-likeness (QED) is 0.712. The smallest absolute Gasteiger partial charge is 0.0216 e. The molecule has 0 aromatic rings. The fourth-order valence-corrected chi connectivity index (χ4v) is 2.48. The number of hydrogen-bond acceptors (Lipinski definition) is 2. The lowest BCUT2D eigenvalue weighted by Crippen LogP contribution is -2.40. The molecule has 1 N–H and O–H groups in total. The second kappa shape index (κ2) is 6.27. The highest BCUT2D eigenvalue weighted by Gasteiger charge is 2.24. The minimum absolute atomic E-state index is 0.862. The van der Waals surface area contributed by atoms with Crippen molar-refractivity contribution in [3.05, 3.63) is 0 Å². The third-order valence-electron chi connectivity index (χ3n) is 3.61. The molecule has 0 bridgehead atoms. The molecule has 2 heteroatoms. The third-order valence-corrected chi connectivity index (χ3v) is 3.61. The summed E-state index contributed by atoms with van der Waals surface area (Å²) >= 11 is 0. The summed E-state index contributed by atoms with van der Waals surface area (Å²) in [6.45, 7) is 6.90. The van der Waals surface area contributed by atoms with Crippen LogP contribution in [0.25, 0.3) is 0 Å². The predicted octanol–water partition coefficient (Wildman–Crippen LogP) is 1.86. The number of piperidine rings is 1. The van der Waals surface area contributed by atoms with Gasteiger partial charge in [-0.05, 0) is 51.6 Å². The summed E-state index contributed by atoms with van der Waals surface area (Å²) in [6.07, 6.45) is 6.64. The molecule has 90 valence electrons. The van der Waals surface area contributed by atoms with E-state index in [-0.39, 0.29) is 0 Å². The Kier molecular flexibility index (Phi) is 4.69. The van der Waals surface area contributed by atoms with E-state index in [0.29, 0.717) is 0 Å². The fraction of sp³-hybridized carbons (Fsp3) is 0.857. The summed E-state index contributed by atoms with van der Waals surface area (Å²) in [4.78, 5) is 2.59. The predicted molar refractivity (Wildman–Crippen MR) is 68.3 cm³/mol. The molecule has 16 heavy (non-hydrogen) atoms. The Hall–Kier alpha value is -0.520. The molecule has 0 amide bonds. The Morgan fingerprint density at radius 1 is 1.31 bits per heavy atom. The molecular formula is C14H24N2. The summed E-state index contributed by atoms with van der Waals surface area (Å²) in [5.41, 5.74) is 0. The first-order valence-electron chi connectivity index (χ1n) is 6.74. The van der Waals surface area contributed by atoms with Crippen molar-refractivity contribution in [1.29, 1.82) is 0 Å². The number of nitrogens with one attached hydrogen (secondary N) is 1. The molecule has 0 radical (unpaired) electrons. The number of hydrogen-bond donors (Lipinski definition) is 1. The van der Waals surface area contributed by atoms with E-state index in [0.717, 1.165) is 18.4 Å². The van der Waals surface area contributed by atoms with Gasteiger partial charge in [-0.2, -0.15) is 0 Å². The molecule has 1 unspecified atom stereocenters. The maximum Gasteiger partial charge on any atom is 0.0216 e. The van der Waals surface area contributed by atoms with E-state index in [4.69, 9.17) is 0 Å². The summed E-state index contributed by atoms with van der Waals surface area (Å²) in [7, 11) is 0. The van der Waals surface area contributed by atoms with Crippen LogP contribution in [0.1, 0.15) is 39.0 Å². The van der Waals surface area contributed by atoms with E-state index in [1.165, 1.54) is 51.9 Å². The Bertz CT molecular complexity index is 260. The molecule has 1 atom stereocenters. The number of likely N-dealkylation sites (tertiary alicyclic amines) is 1. The van der Waals surface area contributed by atoms with Crippen LogP contribution < -0.4 is 5.32 Å². The average molecular weight is 220 g/mol. The second-order valence-electron chi connectivity index (χ2n) is 5.17. The molecule has 0 aromatic heterocycles. The lowest BCUT2D eigenvalue weighted by atomic mass is 9.98. The van der Waals surface area contributed by atoms with Crippen molar-refractivity contribution in [2.45, 2.75) is 45.1 Å². The van der Waals surface area contributed by atoms with E-state index in [1.807, 2.05) is 6.92 Å². The summed E-state index contributed by atoms with van der Waals surface area (Å²) in [5, 5.41) is 3.66. The Balaban J connectivity index is 1.63. The van der Waals surface area contributed by atoms with Crippen LogP contribution in [0.5, 0.6) is 0 Å². The minimum atomic E-state index is 0.862. The highest BCUT2D eigenvalue weighted by atomic mass is 15.1. The van der Waals surface area contributed by atoms with Crippen LogP contribution in [-0.2, 0) is 0 Å². The van der Waals surface area contributed by atoms with Gasteiger partial charge in [-0.15, -0.1) is 11.8 Å².